The Balaban J connectivity index is 2.27. The lowest BCUT2D eigenvalue weighted by atomic mass is 10.2. The molecule has 0 amide bonds. The summed E-state index contributed by atoms with van der Waals surface area (Å²) < 4.78 is 5.57. The molecule has 0 aliphatic heterocycles. The Morgan fingerprint density at radius 2 is 2.00 bits per heavy atom. The molecule has 1 aliphatic rings. The summed E-state index contributed by atoms with van der Waals surface area (Å²) in [7, 11) is 0. The first-order valence-electron chi connectivity index (χ1n) is 7.30. The lowest BCUT2D eigenvalue weighted by Crippen LogP contribution is -2.35. The van der Waals surface area contributed by atoms with Crippen molar-refractivity contribution in [2.45, 2.75) is 58.6 Å². The molecule has 1 aromatic rings. The minimum absolute atomic E-state index is 0.0115. The van der Waals surface area contributed by atoms with Crippen molar-refractivity contribution in [1.82, 2.24) is 15.0 Å². The van der Waals surface area contributed by atoms with E-state index in [-0.39, 0.29) is 6.10 Å². The Morgan fingerprint density at radius 1 is 1.30 bits per heavy atom. The molecule has 0 radical (unpaired) electrons. The van der Waals surface area contributed by atoms with Gasteiger partial charge in [-0.15, -0.1) is 0 Å². The van der Waals surface area contributed by atoms with Crippen LogP contribution in [0.4, 0.5) is 11.9 Å². The topological polar surface area (TPSA) is 89.2 Å². The zero-order valence-corrected chi connectivity index (χ0v) is 12.5. The molecule has 3 N–H and O–H groups in total. The average molecular weight is 280 g/mol. The van der Waals surface area contributed by atoms with Crippen molar-refractivity contribution in [2.24, 2.45) is 5.84 Å². The van der Waals surface area contributed by atoms with Crippen molar-refractivity contribution < 1.29 is 4.74 Å². The van der Waals surface area contributed by atoms with Crippen molar-refractivity contribution in [3.05, 3.63) is 0 Å². The van der Waals surface area contributed by atoms with Crippen molar-refractivity contribution in [2.75, 3.05) is 16.9 Å². The predicted octanol–water partition coefficient (Wildman–Crippen LogP) is 1.71. The highest BCUT2D eigenvalue weighted by molar-refractivity contribution is 5.39. The molecule has 1 saturated carbocycles. The Kier molecular flexibility index (Phi) is 4.94. The fraction of sp³-hybridized carbons (Fsp3) is 0.769. The van der Waals surface area contributed by atoms with Crippen molar-refractivity contribution in [1.29, 1.82) is 0 Å². The van der Waals surface area contributed by atoms with E-state index in [2.05, 4.69) is 32.2 Å². The lowest BCUT2D eigenvalue weighted by Gasteiger charge is -2.27. The molecule has 7 nitrogen and oxygen atoms in total. The number of rotatable bonds is 6. The minimum atomic E-state index is 0.0115. The number of hydrazine groups is 1. The number of ether oxygens (including phenoxy) is 1. The van der Waals surface area contributed by atoms with Gasteiger partial charge in [-0.2, -0.15) is 15.0 Å². The number of aromatic nitrogens is 3. The number of nitrogens with one attached hydrogen (secondary N) is 1. The van der Waals surface area contributed by atoms with E-state index in [1.54, 1.807) is 0 Å². The molecule has 0 atom stereocenters. The Morgan fingerprint density at radius 3 is 2.55 bits per heavy atom. The molecule has 2 rings (SSSR count). The van der Waals surface area contributed by atoms with Crippen LogP contribution in [0.25, 0.3) is 0 Å². The number of anilines is 2. The third-order valence-corrected chi connectivity index (χ3v) is 3.44. The zero-order valence-electron chi connectivity index (χ0n) is 12.5. The molecule has 1 aromatic heterocycles. The van der Waals surface area contributed by atoms with Crippen LogP contribution in [-0.2, 0) is 0 Å². The molecular formula is C13H24N6O. The minimum Gasteiger partial charge on any atom is -0.461 e. The number of hydrogen-bond donors (Lipinski definition) is 2. The second-order valence-electron chi connectivity index (χ2n) is 5.28. The van der Waals surface area contributed by atoms with E-state index in [0.717, 1.165) is 6.54 Å². The highest BCUT2D eigenvalue weighted by Crippen LogP contribution is 2.27. The summed E-state index contributed by atoms with van der Waals surface area (Å²) in [5.41, 5.74) is 2.48. The fourth-order valence-electron chi connectivity index (χ4n) is 2.58. The second kappa shape index (κ2) is 6.69. The van der Waals surface area contributed by atoms with Crippen LogP contribution in [0, 0.1) is 0 Å². The maximum atomic E-state index is 5.57. The Labute approximate surface area is 119 Å². The summed E-state index contributed by atoms with van der Waals surface area (Å²) in [5, 5.41) is 0. The molecule has 1 fully saturated rings. The highest BCUT2D eigenvalue weighted by atomic mass is 16.5. The van der Waals surface area contributed by atoms with E-state index in [1.165, 1.54) is 25.7 Å². The van der Waals surface area contributed by atoms with Crippen molar-refractivity contribution >= 4 is 11.9 Å². The van der Waals surface area contributed by atoms with Crippen LogP contribution < -0.4 is 20.9 Å². The summed E-state index contributed by atoms with van der Waals surface area (Å²) >= 11 is 0. The van der Waals surface area contributed by atoms with Gasteiger partial charge in [0.05, 0.1) is 6.10 Å². The van der Waals surface area contributed by atoms with E-state index < -0.39 is 0 Å². The first kappa shape index (κ1) is 14.8. The van der Waals surface area contributed by atoms with Gasteiger partial charge < -0.3 is 9.64 Å². The van der Waals surface area contributed by atoms with E-state index in [0.29, 0.717) is 23.9 Å². The smallest absolute Gasteiger partial charge is 0.323 e. The molecular weight excluding hydrogens is 256 g/mol. The average Bonchev–Trinajstić information content (AvgIpc) is 2.92. The SMILES string of the molecule is CCN(c1nc(NN)nc(OC(C)C)n1)C1CCCC1. The summed E-state index contributed by atoms with van der Waals surface area (Å²) in [5.74, 6) is 6.41. The van der Waals surface area contributed by atoms with Gasteiger partial charge in [-0.1, -0.05) is 12.8 Å². The van der Waals surface area contributed by atoms with Crippen LogP contribution in [0.5, 0.6) is 6.01 Å². The first-order chi connectivity index (χ1) is 9.63. The van der Waals surface area contributed by atoms with Crippen LogP contribution in [0.3, 0.4) is 0 Å². The van der Waals surface area contributed by atoms with E-state index in [9.17, 15) is 0 Å². The van der Waals surface area contributed by atoms with E-state index >= 15 is 0 Å². The normalized spacial score (nSPS) is 15.7. The molecule has 0 spiro atoms. The van der Waals surface area contributed by atoms with Crippen LogP contribution >= 0.6 is 0 Å². The van der Waals surface area contributed by atoms with Gasteiger partial charge >= 0.3 is 6.01 Å². The van der Waals surface area contributed by atoms with Gasteiger partial charge in [0.15, 0.2) is 0 Å². The predicted molar refractivity (Wildman–Crippen MR) is 78.7 cm³/mol. The monoisotopic (exact) mass is 280 g/mol. The molecule has 1 aliphatic carbocycles. The lowest BCUT2D eigenvalue weighted by molar-refractivity contribution is 0.222. The molecule has 112 valence electrons. The van der Waals surface area contributed by atoms with Gasteiger partial charge in [0.25, 0.3) is 0 Å². The molecule has 7 heteroatoms. The summed E-state index contributed by atoms with van der Waals surface area (Å²) in [6.07, 6.45) is 4.92. The summed E-state index contributed by atoms with van der Waals surface area (Å²) in [6.45, 7) is 6.85. The fourth-order valence-corrected chi connectivity index (χ4v) is 2.58. The van der Waals surface area contributed by atoms with Gasteiger partial charge in [-0.3, -0.25) is 5.43 Å². The zero-order chi connectivity index (χ0) is 14.5. The van der Waals surface area contributed by atoms with E-state index in [1.807, 2.05) is 13.8 Å². The molecule has 0 unspecified atom stereocenters. The van der Waals surface area contributed by atoms with Crippen LogP contribution in [-0.4, -0.2) is 33.6 Å². The van der Waals surface area contributed by atoms with Gasteiger partial charge in [0.1, 0.15) is 0 Å². The second-order valence-corrected chi connectivity index (χ2v) is 5.28. The van der Waals surface area contributed by atoms with Gasteiger partial charge in [0, 0.05) is 12.6 Å². The number of nitrogens with zero attached hydrogens (tertiary/aromatic N) is 4. The van der Waals surface area contributed by atoms with Crippen molar-refractivity contribution in [3.8, 4) is 6.01 Å². The quantitative estimate of drug-likeness (QED) is 0.605. The standard InChI is InChI=1S/C13H24N6O/c1-4-19(10-7-5-6-8-10)12-15-11(18-14)16-13(17-12)20-9(2)3/h9-10H,4-8,14H2,1-3H3,(H,15,16,17,18). The van der Waals surface area contributed by atoms with E-state index in [4.69, 9.17) is 10.6 Å². The maximum absolute atomic E-state index is 5.57. The number of nitrogens with two attached hydrogens (primary N) is 1. The molecule has 20 heavy (non-hydrogen) atoms. The summed E-state index contributed by atoms with van der Waals surface area (Å²) in [4.78, 5) is 15.1. The molecule has 0 aromatic carbocycles. The number of nitrogen functional groups attached to an aromatic ring is 1. The first-order valence-corrected chi connectivity index (χ1v) is 7.30. The Hall–Kier alpha value is -1.63. The van der Waals surface area contributed by atoms with Crippen molar-refractivity contribution in [3.63, 3.8) is 0 Å². The maximum Gasteiger partial charge on any atom is 0.323 e. The molecule has 0 saturated heterocycles. The van der Waals surface area contributed by atoms with Crippen LogP contribution in [0.2, 0.25) is 0 Å². The van der Waals surface area contributed by atoms with Gasteiger partial charge in [-0.25, -0.2) is 5.84 Å². The highest BCUT2D eigenvalue weighted by Gasteiger charge is 2.24. The third-order valence-electron chi connectivity index (χ3n) is 3.44. The molecule has 1 heterocycles. The van der Waals surface area contributed by atoms with Crippen LogP contribution in [0.15, 0.2) is 0 Å². The number of hydrogen-bond acceptors (Lipinski definition) is 7. The molecule has 0 bridgehead atoms. The van der Waals surface area contributed by atoms with Crippen LogP contribution in [0.1, 0.15) is 46.5 Å². The largest absolute Gasteiger partial charge is 0.461 e. The Bertz CT molecular complexity index is 433. The van der Waals surface area contributed by atoms with Gasteiger partial charge in [0.2, 0.25) is 11.9 Å². The third kappa shape index (κ3) is 3.47. The van der Waals surface area contributed by atoms with Gasteiger partial charge in [-0.05, 0) is 33.6 Å². The summed E-state index contributed by atoms with van der Waals surface area (Å²) in [6, 6.07) is 0.814.